The van der Waals surface area contributed by atoms with Crippen molar-refractivity contribution in [3.8, 4) is 0 Å². The van der Waals surface area contributed by atoms with E-state index in [0.717, 1.165) is 6.54 Å². The molecule has 0 saturated carbocycles. The van der Waals surface area contributed by atoms with Gasteiger partial charge in [-0.2, -0.15) is 0 Å². The van der Waals surface area contributed by atoms with Gasteiger partial charge in [-0.3, -0.25) is 0 Å². The van der Waals surface area contributed by atoms with Crippen LogP contribution in [-0.2, 0) is 0 Å². The lowest BCUT2D eigenvalue weighted by Gasteiger charge is -2.14. The average molecular weight is 173 g/mol. The maximum absolute atomic E-state index is 3.32. The minimum absolute atomic E-state index is 0.677. The van der Waals surface area contributed by atoms with E-state index in [-0.39, 0.29) is 0 Å². The predicted octanol–water partition coefficient (Wildman–Crippen LogP) is 2.67. The number of rotatable bonds is 1. The molecule has 1 aliphatic heterocycles. The fourth-order valence-electron chi connectivity index (χ4n) is 1.79. The molecule has 0 radical (unpaired) electrons. The Kier molecular flexibility index (Phi) is 2.65. The summed E-state index contributed by atoms with van der Waals surface area (Å²) < 4.78 is 0. The van der Waals surface area contributed by atoms with E-state index in [2.05, 4.69) is 47.9 Å². The summed E-state index contributed by atoms with van der Waals surface area (Å²) in [6, 6.07) is 10.8. The summed E-state index contributed by atoms with van der Waals surface area (Å²) in [6.07, 6.45) is 6.73. The Bertz CT molecular complexity index is 266. The highest BCUT2D eigenvalue weighted by atomic mass is 14.8. The Morgan fingerprint density at radius 3 is 2.85 bits per heavy atom. The second-order valence-electron chi connectivity index (χ2n) is 3.50. The van der Waals surface area contributed by atoms with Gasteiger partial charge in [0.2, 0.25) is 0 Å². The molecule has 1 nitrogen and oxygen atoms in total. The van der Waals surface area contributed by atoms with Crippen molar-refractivity contribution in [1.29, 1.82) is 0 Å². The van der Waals surface area contributed by atoms with Crippen molar-refractivity contribution in [1.82, 2.24) is 5.32 Å². The van der Waals surface area contributed by atoms with Gasteiger partial charge in [-0.15, -0.1) is 0 Å². The molecule has 0 saturated heterocycles. The number of hydrogen-bond acceptors (Lipinski definition) is 1. The first-order chi connectivity index (χ1) is 6.47. The highest BCUT2D eigenvalue weighted by Crippen LogP contribution is 2.21. The first kappa shape index (κ1) is 8.36. The molecular formula is C12H15N. The minimum atomic E-state index is 0.677. The molecule has 0 spiro atoms. The molecule has 1 aromatic rings. The minimum Gasteiger partial charge on any atom is -0.391 e. The number of hydrogen-bond donors (Lipinski definition) is 1. The summed E-state index contributed by atoms with van der Waals surface area (Å²) in [4.78, 5) is 0. The van der Waals surface area contributed by atoms with Gasteiger partial charge in [-0.05, 0) is 24.6 Å². The molecule has 0 aromatic heterocycles. The second kappa shape index (κ2) is 4.13. The Hall–Kier alpha value is -1.24. The van der Waals surface area contributed by atoms with Crippen molar-refractivity contribution in [3.63, 3.8) is 0 Å². The molecule has 1 aromatic carbocycles. The van der Waals surface area contributed by atoms with Crippen molar-refractivity contribution in [2.24, 2.45) is 0 Å². The summed E-state index contributed by atoms with van der Waals surface area (Å²) in [5.74, 6) is 0.677. The van der Waals surface area contributed by atoms with Gasteiger partial charge >= 0.3 is 0 Å². The molecule has 0 bridgehead atoms. The van der Waals surface area contributed by atoms with Crippen molar-refractivity contribution >= 4 is 0 Å². The topological polar surface area (TPSA) is 12.0 Å². The molecule has 2 rings (SSSR count). The van der Waals surface area contributed by atoms with Gasteiger partial charge in [-0.1, -0.05) is 36.4 Å². The van der Waals surface area contributed by atoms with Gasteiger partial charge < -0.3 is 5.32 Å². The SMILES string of the molecule is C1=CNCC(c2ccccc2)CC1. The van der Waals surface area contributed by atoms with Crippen LogP contribution in [0.1, 0.15) is 24.3 Å². The van der Waals surface area contributed by atoms with E-state index in [1.165, 1.54) is 18.4 Å². The van der Waals surface area contributed by atoms with Gasteiger partial charge in [-0.25, -0.2) is 0 Å². The Morgan fingerprint density at radius 2 is 2.00 bits per heavy atom. The lowest BCUT2D eigenvalue weighted by molar-refractivity contribution is 0.621. The first-order valence-electron chi connectivity index (χ1n) is 4.90. The molecule has 1 atom stereocenters. The maximum atomic E-state index is 3.32. The largest absolute Gasteiger partial charge is 0.391 e. The number of allylic oxidation sites excluding steroid dienone is 1. The Labute approximate surface area is 79.5 Å². The quantitative estimate of drug-likeness (QED) is 0.688. The second-order valence-corrected chi connectivity index (χ2v) is 3.50. The normalized spacial score (nSPS) is 22.0. The van der Waals surface area contributed by atoms with Crippen molar-refractivity contribution in [2.45, 2.75) is 18.8 Å². The van der Waals surface area contributed by atoms with Crippen molar-refractivity contribution in [2.75, 3.05) is 6.54 Å². The fraction of sp³-hybridized carbons (Fsp3) is 0.333. The van der Waals surface area contributed by atoms with Crippen LogP contribution in [0.2, 0.25) is 0 Å². The van der Waals surface area contributed by atoms with Crippen LogP contribution in [0.25, 0.3) is 0 Å². The third-order valence-corrected chi connectivity index (χ3v) is 2.55. The first-order valence-corrected chi connectivity index (χ1v) is 4.90. The number of benzene rings is 1. The molecule has 1 N–H and O–H groups in total. The van der Waals surface area contributed by atoms with Crippen LogP contribution in [0.3, 0.4) is 0 Å². The number of nitrogens with one attached hydrogen (secondary N) is 1. The fourth-order valence-corrected chi connectivity index (χ4v) is 1.79. The molecule has 0 aliphatic carbocycles. The van der Waals surface area contributed by atoms with Gasteiger partial charge in [0.15, 0.2) is 0 Å². The molecule has 0 fully saturated rings. The Balaban J connectivity index is 2.09. The van der Waals surface area contributed by atoms with Crippen molar-refractivity contribution < 1.29 is 0 Å². The molecule has 1 heteroatoms. The maximum Gasteiger partial charge on any atom is 0.0210 e. The average Bonchev–Trinajstić information content (AvgIpc) is 2.47. The standard InChI is InChI=1S/C12H15N/c1-2-6-11(7-3-1)12-8-4-5-9-13-10-12/h1-3,5-7,9,12-13H,4,8,10H2. The van der Waals surface area contributed by atoms with Gasteiger partial charge in [0.25, 0.3) is 0 Å². The lowest BCUT2D eigenvalue weighted by atomic mass is 9.95. The molecule has 1 heterocycles. The zero-order valence-corrected chi connectivity index (χ0v) is 7.74. The van der Waals surface area contributed by atoms with Crippen LogP contribution >= 0.6 is 0 Å². The van der Waals surface area contributed by atoms with Crippen LogP contribution in [0, 0.1) is 0 Å². The zero-order valence-electron chi connectivity index (χ0n) is 7.74. The Morgan fingerprint density at radius 1 is 1.15 bits per heavy atom. The highest BCUT2D eigenvalue weighted by Gasteiger charge is 2.10. The van der Waals surface area contributed by atoms with E-state index in [0.29, 0.717) is 5.92 Å². The van der Waals surface area contributed by atoms with E-state index < -0.39 is 0 Å². The molecule has 13 heavy (non-hydrogen) atoms. The summed E-state index contributed by atoms with van der Waals surface area (Å²) in [7, 11) is 0. The lowest BCUT2D eigenvalue weighted by Crippen LogP contribution is -2.14. The van der Waals surface area contributed by atoms with Gasteiger partial charge in [0.1, 0.15) is 0 Å². The van der Waals surface area contributed by atoms with Crippen LogP contribution in [0.5, 0.6) is 0 Å². The highest BCUT2D eigenvalue weighted by molar-refractivity contribution is 5.20. The smallest absolute Gasteiger partial charge is 0.0210 e. The third kappa shape index (κ3) is 2.11. The van der Waals surface area contributed by atoms with Gasteiger partial charge in [0, 0.05) is 12.5 Å². The van der Waals surface area contributed by atoms with Crippen LogP contribution < -0.4 is 5.32 Å². The van der Waals surface area contributed by atoms with Crippen LogP contribution in [0.4, 0.5) is 0 Å². The monoisotopic (exact) mass is 173 g/mol. The van der Waals surface area contributed by atoms with E-state index >= 15 is 0 Å². The molecule has 0 amide bonds. The summed E-state index contributed by atoms with van der Waals surface area (Å²) in [5, 5.41) is 3.32. The van der Waals surface area contributed by atoms with E-state index in [1.807, 2.05) is 0 Å². The zero-order chi connectivity index (χ0) is 8.93. The molecule has 1 aliphatic rings. The van der Waals surface area contributed by atoms with Crippen molar-refractivity contribution in [3.05, 3.63) is 48.2 Å². The van der Waals surface area contributed by atoms with E-state index in [9.17, 15) is 0 Å². The third-order valence-electron chi connectivity index (χ3n) is 2.55. The summed E-state index contributed by atoms with van der Waals surface area (Å²) >= 11 is 0. The summed E-state index contributed by atoms with van der Waals surface area (Å²) in [5.41, 5.74) is 1.46. The van der Waals surface area contributed by atoms with Crippen LogP contribution in [-0.4, -0.2) is 6.54 Å². The predicted molar refractivity (Wildman–Crippen MR) is 55.6 cm³/mol. The molecule has 1 unspecified atom stereocenters. The van der Waals surface area contributed by atoms with Gasteiger partial charge in [0.05, 0.1) is 0 Å². The van der Waals surface area contributed by atoms with E-state index in [1.54, 1.807) is 0 Å². The summed E-state index contributed by atoms with van der Waals surface area (Å²) in [6.45, 7) is 1.07. The van der Waals surface area contributed by atoms with Crippen LogP contribution in [0.15, 0.2) is 42.6 Å². The molecular weight excluding hydrogens is 158 g/mol. The van der Waals surface area contributed by atoms with E-state index in [4.69, 9.17) is 0 Å². The molecule has 68 valence electrons.